The summed E-state index contributed by atoms with van der Waals surface area (Å²) >= 11 is 0. The van der Waals surface area contributed by atoms with Crippen LogP contribution in [0.1, 0.15) is 87.1 Å². The highest BCUT2D eigenvalue weighted by atomic mass is 14.5. The number of hydrogen-bond donors (Lipinski definition) is 0. The van der Waals surface area contributed by atoms with E-state index in [0.29, 0.717) is 5.41 Å². The van der Waals surface area contributed by atoms with Crippen molar-refractivity contribution in [1.29, 1.82) is 0 Å². The van der Waals surface area contributed by atoms with Gasteiger partial charge in [-0.15, -0.1) is 0 Å². The predicted molar refractivity (Wildman–Crippen MR) is 116 cm³/mol. The van der Waals surface area contributed by atoms with Crippen LogP contribution in [-0.4, -0.2) is 0 Å². The monoisotopic (exact) mass is 342 g/mol. The Hall–Kier alpha value is -1.30. The predicted octanol–water partition coefficient (Wildman–Crippen LogP) is 8.35. The molecule has 1 aliphatic rings. The second kappa shape index (κ2) is 11.3. The van der Waals surface area contributed by atoms with Crippen LogP contribution in [0.3, 0.4) is 0 Å². The molecule has 1 aromatic rings. The second-order valence-corrected chi connectivity index (χ2v) is 7.55. The molecular weight excluding hydrogens is 300 g/mol. The first-order chi connectivity index (χ1) is 11.9. The summed E-state index contributed by atoms with van der Waals surface area (Å²) < 4.78 is 0. The van der Waals surface area contributed by atoms with Crippen molar-refractivity contribution in [1.82, 2.24) is 0 Å². The molecular formula is C25H42. The maximum absolute atomic E-state index is 2.43. The van der Waals surface area contributed by atoms with Crippen LogP contribution in [0.25, 0.3) is 0 Å². The molecule has 0 bridgehead atoms. The third-order valence-corrected chi connectivity index (χ3v) is 4.91. The lowest BCUT2D eigenvalue weighted by atomic mass is 9.55. The van der Waals surface area contributed by atoms with Crippen molar-refractivity contribution in [2.75, 3.05) is 0 Å². The van der Waals surface area contributed by atoms with Crippen LogP contribution >= 0.6 is 0 Å². The first-order valence-electron chi connectivity index (χ1n) is 10.3. The molecule has 0 heterocycles. The van der Waals surface area contributed by atoms with Gasteiger partial charge in [0.25, 0.3) is 0 Å². The average Bonchev–Trinajstić information content (AvgIpc) is 2.62. The number of hydrogen-bond acceptors (Lipinski definition) is 0. The lowest BCUT2D eigenvalue weighted by molar-refractivity contribution is 0.126. The lowest BCUT2D eigenvalue weighted by Crippen LogP contribution is -2.41. The van der Waals surface area contributed by atoms with Gasteiger partial charge in [0.05, 0.1) is 0 Å². The zero-order chi connectivity index (χ0) is 19.5. The third kappa shape index (κ3) is 6.17. The van der Waals surface area contributed by atoms with Crippen LogP contribution in [0.2, 0.25) is 0 Å². The van der Waals surface area contributed by atoms with Crippen LogP contribution < -0.4 is 0 Å². The zero-order valence-corrected chi connectivity index (χ0v) is 18.3. The summed E-state index contributed by atoms with van der Waals surface area (Å²) in [4.78, 5) is 0. The third-order valence-electron chi connectivity index (χ3n) is 4.91. The van der Waals surface area contributed by atoms with Gasteiger partial charge in [-0.2, -0.15) is 0 Å². The van der Waals surface area contributed by atoms with Gasteiger partial charge in [0.15, 0.2) is 0 Å². The minimum Gasteiger partial charge on any atom is -0.0874 e. The Kier molecular flexibility index (Phi) is 10.8. The molecule has 1 aromatic carbocycles. The normalized spacial score (nSPS) is 25.5. The van der Waals surface area contributed by atoms with Crippen molar-refractivity contribution in [3.63, 3.8) is 0 Å². The van der Waals surface area contributed by atoms with E-state index in [1.54, 1.807) is 0 Å². The number of rotatable bonds is 3. The summed E-state index contributed by atoms with van der Waals surface area (Å²) in [5.41, 5.74) is 3.53. The topological polar surface area (TPSA) is 0 Å². The van der Waals surface area contributed by atoms with E-state index in [1.807, 2.05) is 27.7 Å². The first-order valence-corrected chi connectivity index (χ1v) is 10.3. The summed E-state index contributed by atoms with van der Waals surface area (Å²) in [5, 5.41) is 0. The van der Waals surface area contributed by atoms with Crippen LogP contribution in [-0.2, 0) is 5.41 Å². The summed E-state index contributed by atoms with van der Waals surface area (Å²) in [7, 11) is 0. The van der Waals surface area contributed by atoms with E-state index in [4.69, 9.17) is 0 Å². The Morgan fingerprint density at radius 2 is 1.52 bits per heavy atom. The van der Waals surface area contributed by atoms with Gasteiger partial charge in [-0.3, -0.25) is 0 Å². The summed E-state index contributed by atoms with van der Waals surface area (Å²) in [5.74, 6) is 0.758. The maximum Gasteiger partial charge on any atom is 0.0207 e. The van der Waals surface area contributed by atoms with Gasteiger partial charge >= 0.3 is 0 Å². The van der Waals surface area contributed by atoms with E-state index in [2.05, 4.69) is 83.2 Å². The molecule has 0 saturated heterocycles. The molecule has 0 heteroatoms. The van der Waals surface area contributed by atoms with Gasteiger partial charge in [0.2, 0.25) is 0 Å². The molecule has 1 saturated carbocycles. The Balaban J connectivity index is 0.00000134. The molecule has 25 heavy (non-hydrogen) atoms. The van der Waals surface area contributed by atoms with Crippen molar-refractivity contribution in [3.8, 4) is 0 Å². The molecule has 1 fully saturated rings. The highest BCUT2D eigenvalue weighted by Crippen LogP contribution is 2.53. The molecule has 2 unspecified atom stereocenters. The fraction of sp³-hybridized carbons (Fsp3) is 0.600. The standard InChI is InChI=1S/C21H30.2C2H6/c1-6-11-18(7-2)21(19-12-9-8-10-13-19)15-17(3)14-20(4,5)16-21;2*1-2/h6-13,17H,14-16H2,1-5H3;2*1-2H3/b11-6-,18-7+;;. The Morgan fingerprint density at radius 1 is 0.960 bits per heavy atom. The van der Waals surface area contributed by atoms with E-state index in [0.717, 1.165) is 5.92 Å². The molecule has 0 N–H and O–H groups in total. The van der Waals surface area contributed by atoms with E-state index < -0.39 is 0 Å². The van der Waals surface area contributed by atoms with E-state index in [9.17, 15) is 0 Å². The van der Waals surface area contributed by atoms with Crippen LogP contribution in [0.15, 0.2) is 54.1 Å². The fourth-order valence-corrected chi connectivity index (χ4v) is 4.65. The molecule has 1 aliphatic carbocycles. The molecule has 2 atom stereocenters. The average molecular weight is 343 g/mol. The van der Waals surface area contributed by atoms with Crippen molar-refractivity contribution in [3.05, 3.63) is 59.7 Å². The SMILES string of the molecule is C/C=C\C(=C/C)C1(c2ccccc2)CC(C)CC(C)(C)C1.CC.CC. The highest BCUT2D eigenvalue weighted by Gasteiger charge is 2.45. The quantitative estimate of drug-likeness (QED) is 0.484. The first kappa shape index (κ1) is 23.7. The van der Waals surface area contributed by atoms with Gasteiger partial charge in [-0.1, -0.05) is 97.0 Å². The minimum absolute atomic E-state index is 0.170. The van der Waals surface area contributed by atoms with Crippen molar-refractivity contribution in [2.45, 2.75) is 87.0 Å². The van der Waals surface area contributed by atoms with Crippen LogP contribution in [0, 0.1) is 11.3 Å². The fourth-order valence-electron chi connectivity index (χ4n) is 4.65. The summed E-state index contributed by atoms with van der Waals surface area (Å²) in [6.45, 7) is 19.6. The van der Waals surface area contributed by atoms with Gasteiger partial charge in [-0.05, 0) is 55.6 Å². The molecule has 0 aliphatic heterocycles. The van der Waals surface area contributed by atoms with Crippen molar-refractivity contribution in [2.24, 2.45) is 11.3 Å². The Bertz CT molecular complexity index is 518. The largest absolute Gasteiger partial charge is 0.0874 e. The van der Waals surface area contributed by atoms with Gasteiger partial charge in [0.1, 0.15) is 0 Å². The zero-order valence-electron chi connectivity index (χ0n) is 18.3. The number of allylic oxidation sites excluding steroid dienone is 4. The molecule has 0 aromatic heterocycles. The molecule has 0 radical (unpaired) electrons. The molecule has 0 nitrogen and oxygen atoms in total. The van der Waals surface area contributed by atoms with Crippen molar-refractivity contribution >= 4 is 0 Å². The summed E-state index contributed by atoms with van der Waals surface area (Å²) in [6, 6.07) is 11.1. The van der Waals surface area contributed by atoms with Crippen molar-refractivity contribution < 1.29 is 0 Å². The maximum atomic E-state index is 2.43. The van der Waals surface area contributed by atoms with E-state index in [1.165, 1.54) is 30.4 Å². The Morgan fingerprint density at radius 3 is 1.96 bits per heavy atom. The molecule has 0 amide bonds. The van der Waals surface area contributed by atoms with Crippen LogP contribution in [0.5, 0.6) is 0 Å². The van der Waals surface area contributed by atoms with E-state index >= 15 is 0 Å². The highest BCUT2D eigenvalue weighted by molar-refractivity contribution is 5.43. The van der Waals surface area contributed by atoms with Gasteiger partial charge in [0, 0.05) is 5.41 Å². The van der Waals surface area contributed by atoms with Gasteiger partial charge in [-0.25, -0.2) is 0 Å². The molecule has 0 spiro atoms. The van der Waals surface area contributed by atoms with E-state index in [-0.39, 0.29) is 5.41 Å². The second-order valence-electron chi connectivity index (χ2n) is 7.55. The Labute approximate surface area is 158 Å². The minimum atomic E-state index is 0.170. The van der Waals surface area contributed by atoms with Gasteiger partial charge < -0.3 is 0 Å². The lowest BCUT2D eigenvalue weighted by Gasteiger charge is -2.49. The molecule has 142 valence electrons. The number of benzene rings is 1. The van der Waals surface area contributed by atoms with Crippen LogP contribution in [0.4, 0.5) is 0 Å². The summed E-state index contributed by atoms with van der Waals surface area (Å²) in [6.07, 6.45) is 10.6. The smallest absolute Gasteiger partial charge is 0.0207 e. The molecule has 2 rings (SSSR count).